The Labute approximate surface area is 294 Å². The van der Waals surface area contributed by atoms with Crippen LogP contribution in [0, 0.1) is 0 Å². The maximum atomic E-state index is 6.53. The monoisotopic (exact) mass is 651 g/mol. The van der Waals surface area contributed by atoms with Gasteiger partial charge in [-0.3, -0.25) is 0 Å². The van der Waals surface area contributed by atoms with Crippen molar-refractivity contribution < 1.29 is 4.42 Å². The molecule has 8 aromatic carbocycles. The molecule has 0 spiro atoms. The van der Waals surface area contributed by atoms with E-state index in [1.807, 2.05) is 18.2 Å². The third-order valence-corrected chi connectivity index (χ3v) is 9.71. The summed E-state index contributed by atoms with van der Waals surface area (Å²) in [5, 5.41) is 6.75. The van der Waals surface area contributed by atoms with E-state index in [0.717, 1.165) is 60.7 Å². The second-order valence-electron chi connectivity index (χ2n) is 12.9. The van der Waals surface area contributed by atoms with Crippen molar-refractivity contribution >= 4 is 43.5 Å². The lowest BCUT2D eigenvalue weighted by atomic mass is 9.99. The molecule has 2 aromatic heterocycles. The SMILES string of the molecule is c1ccc(-c2ccc(-c3nc(-c4ccc5ccccc5c4)nc(-c4cccc5oc6cc(-c7ccc8ccccc8c7)ccc6c45)n3)cc2)cc1. The highest BCUT2D eigenvalue weighted by Gasteiger charge is 2.18. The molecule has 0 N–H and O–H groups in total. The Morgan fingerprint density at radius 3 is 1.59 bits per heavy atom. The minimum atomic E-state index is 0.599. The van der Waals surface area contributed by atoms with Gasteiger partial charge in [-0.15, -0.1) is 0 Å². The van der Waals surface area contributed by atoms with Gasteiger partial charge in [0.1, 0.15) is 11.2 Å². The van der Waals surface area contributed by atoms with Gasteiger partial charge in [0.15, 0.2) is 17.5 Å². The zero-order valence-corrected chi connectivity index (χ0v) is 27.5. The van der Waals surface area contributed by atoms with Crippen molar-refractivity contribution in [1.82, 2.24) is 15.0 Å². The summed E-state index contributed by atoms with van der Waals surface area (Å²) in [5.74, 6) is 1.84. The van der Waals surface area contributed by atoms with Gasteiger partial charge in [-0.1, -0.05) is 146 Å². The van der Waals surface area contributed by atoms with Gasteiger partial charge in [0.2, 0.25) is 0 Å². The van der Waals surface area contributed by atoms with Crippen molar-refractivity contribution in [2.24, 2.45) is 0 Å². The molecule has 0 unspecified atom stereocenters. The Morgan fingerprint density at radius 1 is 0.314 bits per heavy atom. The van der Waals surface area contributed by atoms with Gasteiger partial charge in [0.05, 0.1) is 0 Å². The molecule has 0 saturated carbocycles. The highest BCUT2D eigenvalue weighted by Crippen LogP contribution is 2.39. The van der Waals surface area contributed by atoms with Crippen LogP contribution in [0.5, 0.6) is 0 Å². The quantitative estimate of drug-likeness (QED) is 0.186. The van der Waals surface area contributed by atoms with Crippen LogP contribution in [0.15, 0.2) is 180 Å². The topological polar surface area (TPSA) is 51.8 Å². The van der Waals surface area contributed by atoms with Gasteiger partial charge in [0, 0.05) is 27.5 Å². The van der Waals surface area contributed by atoms with Crippen molar-refractivity contribution in [3.8, 4) is 56.4 Å². The first-order valence-corrected chi connectivity index (χ1v) is 17.1. The van der Waals surface area contributed by atoms with Crippen molar-refractivity contribution in [3.05, 3.63) is 176 Å². The minimum absolute atomic E-state index is 0.599. The molecule has 238 valence electrons. The summed E-state index contributed by atoms with van der Waals surface area (Å²) in [5.41, 5.74) is 8.93. The molecular weight excluding hydrogens is 623 g/mol. The average Bonchev–Trinajstić information content (AvgIpc) is 3.59. The summed E-state index contributed by atoms with van der Waals surface area (Å²) in [4.78, 5) is 15.3. The summed E-state index contributed by atoms with van der Waals surface area (Å²) in [6.07, 6.45) is 0. The minimum Gasteiger partial charge on any atom is -0.456 e. The molecule has 4 heteroatoms. The lowest BCUT2D eigenvalue weighted by Crippen LogP contribution is -2.00. The van der Waals surface area contributed by atoms with E-state index in [4.69, 9.17) is 19.4 Å². The third-order valence-electron chi connectivity index (χ3n) is 9.71. The van der Waals surface area contributed by atoms with E-state index in [1.54, 1.807) is 0 Å². The van der Waals surface area contributed by atoms with Crippen LogP contribution >= 0.6 is 0 Å². The number of hydrogen-bond donors (Lipinski definition) is 0. The zero-order chi connectivity index (χ0) is 33.7. The fourth-order valence-electron chi connectivity index (χ4n) is 7.09. The predicted octanol–water partition coefficient (Wildman–Crippen LogP) is 12.4. The van der Waals surface area contributed by atoms with Gasteiger partial charge >= 0.3 is 0 Å². The summed E-state index contributed by atoms with van der Waals surface area (Å²) < 4.78 is 6.53. The van der Waals surface area contributed by atoms with E-state index >= 15 is 0 Å². The van der Waals surface area contributed by atoms with Gasteiger partial charge in [-0.2, -0.15) is 0 Å². The molecule has 0 aliphatic rings. The first-order valence-electron chi connectivity index (χ1n) is 17.1. The molecule has 0 aliphatic heterocycles. The zero-order valence-electron chi connectivity index (χ0n) is 27.5. The lowest BCUT2D eigenvalue weighted by molar-refractivity contribution is 0.669. The van der Waals surface area contributed by atoms with Gasteiger partial charge < -0.3 is 4.42 Å². The van der Waals surface area contributed by atoms with E-state index in [2.05, 4.69) is 158 Å². The number of aromatic nitrogens is 3. The molecule has 51 heavy (non-hydrogen) atoms. The summed E-state index contributed by atoms with van der Waals surface area (Å²) >= 11 is 0. The molecule has 0 aliphatic carbocycles. The van der Waals surface area contributed by atoms with Crippen LogP contribution in [0.4, 0.5) is 0 Å². The Morgan fingerprint density at radius 2 is 0.843 bits per heavy atom. The predicted molar refractivity (Wildman–Crippen MR) is 209 cm³/mol. The van der Waals surface area contributed by atoms with Crippen LogP contribution in [0.3, 0.4) is 0 Å². The molecule has 0 saturated heterocycles. The third kappa shape index (κ3) is 5.22. The second-order valence-corrected chi connectivity index (χ2v) is 12.9. The van der Waals surface area contributed by atoms with Gasteiger partial charge in [-0.05, 0) is 74.1 Å². The van der Waals surface area contributed by atoms with Crippen LogP contribution in [-0.2, 0) is 0 Å². The van der Waals surface area contributed by atoms with Crippen LogP contribution < -0.4 is 0 Å². The number of nitrogens with zero attached hydrogens (tertiary/aromatic N) is 3. The Kier molecular flexibility index (Phi) is 6.78. The molecule has 0 amide bonds. The molecule has 10 aromatic rings. The van der Waals surface area contributed by atoms with E-state index in [1.165, 1.54) is 21.7 Å². The van der Waals surface area contributed by atoms with Crippen molar-refractivity contribution in [2.45, 2.75) is 0 Å². The molecular formula is C47H29N3O. The number of benzene rings is 8. The Hall–Kier alpha value is -6.91. The van der Waals surface area contributed by atoms with Crippen LogP contribution in [-0.4, -0.2) is 15.0 Å². The maximum Gasteiger partial charge on any atom is 0.164 e. The second kappa shape index (κ2) is 11.9. The van der Waals surface area contributed by atoms with Crippen molar-refractivity contribution in [2.75, 3.05) is 0 Å². The maximum absolute atomic E-state index is 6.53. The number of fused-ring (bicyclic) bond motifs is 5. The first-order chi connectivity index (χ1) is 25.2. The molecule has 0 atom stereocenters. The highest BCUT2D eigenvalue weighted by atomic mass is 16.3. The summed E-state index contributed by atoms with van der Waals surface area (Å²) in [6.45, 7) is 0. The van der Waals surface area contributed by atoms with E-state index < -0.39 is 0 Å². The first kappa shape index (κ1) is 29.0. The van der Waals surface area contributed by atoms with Crippen LogP contribution in [0.2, 0.25) is 0 Å². The van der Waals surface area contributed by atoms with Crippen molar-refractivity contribution in [1.29, 1.82) is 0 Å². The van der Waals surface area contributed by atoms with Crippen LogP contribution in [0.1, 0.15) is 0 Å². The van der Waals surface area contributed by atoms with Gasteiger partial charge in [-0.25, -0.2) is 15.0 Å². The smallest absolute Gasteiger partial charge is 0.164 e. The highest BCUT2D eigenvalue weighted by molar-refractivity contribution is 6.12. The largest absolute Gasteiger partial charge is 0.456 e. The molecule has 0 fully saturated rings. The van der Waals surface area contributed by atoms with E-state index in [9.17, 15) is 0 Å². The molecule has 10 rings (SSSR count). The van der Waals surface area contributed by atoms with Gasteiger partial charge in [0.25, 0.3) is 0 Å². The summed E-state index contributed by atoms with van der Waals surface area (Å²) in [7, 11) is 0. The molecule has 0 radical (unpaired) electrons. The fraction of sp³-hybridized carbons (Fsp3) is 0. The fourth-order valence-corrected chi connectivity index (χ4v) is 7.09. The van der Waals surface area contributed by atoms with Crippen molar-refractivity contribution in [3.63, 3.8) is 0 Å². The standard InChI is InChI=1S/C47H29N3O/c1-2-9-30(10-3-1)33-17-21-34(22-18-33)45-48-46(39-24-20-32-12-5-7-14-36(32)28-39)50-47(49-45)41-15-8-16-42-44(41)40-26-25-38(29-43(40)51-42)37-23-19-31-11-4-6-13-35(31)27-37/h1-29H. The van der Waals surface area contributed by atoms with Crippen LogP contribution in [0.25, 0.3) is 99.9 Å². The molecule has 2 heterocycles. The summed E-state index contributed by atoms with van der Waals surface area (Å²) in [6, 6.07) is 61.1. The molecule has 4 nitrogen and oxygen atoms in total. The number of furan rings is 1. The Balaban J connectivity index is 1.13. The van der Waals surface area contributed by atoms with E-state index in [-0.39, 0.29) is 0 Å². The van der Waals surface area contributed by atoms with E-state index in [0.29, 0.717) is 17.5 Å². The lowest BCUT2D eigenvalue weighted by Gasteiger charge is -2.10. The number of rotatable bonds is 5. The molecule has 0 bridgehead atoms. The normalized spacial score (nSPS) is 11.5. The number of hydrogen-bond acceptors (Lipinski definition) is 4. The average molecular weight is 652 g/mol. The Bertz CT molecular complexity index is 2910.